The molecule has 0 saturated carbocycles. The molecule has 1 amide bonds. The number of ether oxygens (including phenoxy) is 2. The molecule has 1 rings (SSSR count). The zero-order chi connectivity index (χ0) is 16.4. The van der Waals surface area contributed by atoms with E-state index in [-0.39, 0.29) is 5.91 Å². The van der Waals surface area contributed by atoms with Crippen LogP contribution >= 0.6 is 0 Å². The minimum Gasteiger partial charge on any atom is -0.490 e. The minimum absolute atomic E-state index is 0.153. The number of carbonyl (C=O) groups excluding carboxylic acids is 1. The van der Waals surface area contributed by atoms with Crippen molar-refractivity contribution in [1.82, 2.24) is 10.2 Å². The highest BCUT2D eigenvalue weighted by Gasteiger charge is 2.13. The van der Waals surface area contributed by atoms with Crippen molar-refractivity contribution in [2.75, 3.05) is 52.2 Å². The maximum absolute atomic E-state index is 12.3. The summed E-state index contributed by atoms with van der Waals surface area (Å²) in [5.74, 6) is 0.331. The van der Waals surface area contributed by atoms with Gasteiger partial charge in [-0.05, 0) is 25.2 Å². The average Bonchev–Trinajstić information content (AvgIpc) is 2.52. The largest absolute Gasteiger partial charge is 0.490 e. The fourth-order valence-electron chi connectivity index (χ4n) is 2.04. The molecule has 0 aromatic heterocycles. The molecule has 0 saturated heterocycles. The summed E-state index contributed by atoms with van der Waals surface area (Å²) in [5, 5.41) is 2.92. The van der Waals surface area contributed by atoms with Crippen LogP contribution in [0.5, 0.6) is 5.75 Å². The van der Waals surface area contributed by atoms with Crippen LogP contribution in [-0.2, 0) is 4.74 Å². The molecule has 6 nitrogen and oxygen atoms in total. The standard InChI is InChI=1S/C16H27N3O3/c1-4-19(5-2)9-8-18-16(20)14-7-6-13(17)12-15(14)22-11-10-21-3/h6-7,12H,4-5,8-11,17H2,1-3H3,(H,18,20). The lowest BCUT2D eigenvalue weighted by Crippen LogP contribution is -2.35. The molecule has 0 aliphatic heterocycles. The summed E-state index contributed by atoms with van der Waals surface area (Å²) in [4.78, 5) is 14.5. The SMILES string of the molecule is CCN(CC)CCNC(=O)c1ccc(N)cc1OCCOC. The van der Waals surface area contributed by atoms with Gasteiger partial charge in [-0.1, -0.05) is 13.8 Å². The number of nitrogens with two attached hydrogens (primary N) is 1. The number of rotatable bonds is 10. The third-order valence-electron chi connectivity index (χ3n) is 3.40. The fraction of sp³-hybridized carbons (Fsp3) is 0.562. The minimum atomic E-state index is -0.153. The number of likely N-dealkylation sites (N-methyl/N-ethyl adjacent to an activating group) is 1. The van der Waals surface area contributed by atoms with Crippen LogP contribution in [0, 0.1) is 0 Å². The molecule has 0 unspecified atom stereocenters. The van der Waals surface area contributed by atoms with Crippen LogP contribution in [0.3, 0.4) is 0 Å². The van der Waals surface area contributed by atoms with Crippen molar-refractivity contribution in [3.63, 3.8) is 0 Å². The second kappa shape index (κ2) is 10.0. The Balaban J connectivity index is 2.63. The molecule has 0 atom stereocenters. The molecule has 0 fully saturated rings. The molecule has 0 aliphatic rings. The van der Waals surface area contributed by atoms with Gasteiger partial charge in [-0.2, -0.15) is 0 Å². The Hall–Kier alpha value is -1.79. The summed E-state index contributed by atoms with van der Waals surface area (Å²) in [6.07, 6.45) is 0. The lowest BCUT2D eigenvalue weighted by atomic mass is 10.1. The molecule has 0 heterocycles. The Morgan fingerprint density at radius 3 is 2.64 bits per heavy atom. The van der Waals surface area contributed by atoms with E-state index in [0.29, 0.717) is 36.8 Å². The van der Waals surface area contributed by atoms with Crippen molar-refractivity contribution in [2.24, 2.45) is 0 Å². The molecule has 3 N–H and O–H groups in total. The van der Waals surface area contributed by atoms with Gasteiger partial charge in [-0.15, -0.1) is 0 Å². The number of carbonyl (C=O) groups is 1. The smallest absolute Gasteiger partial charge is 0.255 e. The Labute approximate surface area is 132 Å². The van der Waals surface area contributed by atoms with Gasteiger partial charge >= 0.3 is 0 Å². The highest BCUT2D eigenvalue weighted by atomic mass is 16.5. The van der Waals surface area contributed by atoms with E-state index < -0.39 is 0 Å². The van der Waals surface area contributed by atoms with Gasteiger partial charge < -0.3 is 25.4 Å². The zero-order valence-corrected chi connectivity index (χ0v) is 13.7. The molecule has 0 spiro atoms. The fourth-order valence-corrected chi connectivity index (χ4v) is 2.04. The van der Waals surface area contributed by atoms with E-state index in [0.717, 1.165) is 19.6 Å². The lowest BCUT2D eigenvalue weighted by Gasteiger charge is -2.18. The molecule has 22 heavy (non-hydrogen) atoms. The van der Waals surface area contributed by atoms with Gasteiger partial charge in [-0.25, -0.2) is 0 Å². The predicted molar refractivity (Wildman–Crippen MR) is 88.3 cm³/mol. The van der Waals surface area contributed by atoms with E-state index in [1.807, 2.05) is 0 Å². The predicted octanol–water partition coefficient (Wildman–Crippen LogP) is 1.37. The molecule has 124 valence electrons. The van der Waals surface area contributed by atoms with E-state index in [1.165, 1.54) is 0 Å². The van der Waals surface area contributed by atoms with Gasteiger partial charge in [-0.3, -0.25) is 4.79 Å². The quantitative estimate of drug-likeness (QED) is 0.504. The van der Waals surface area contributed by atoms with Crippen LogP contribution in [0.25, 0.3) is 0 Å². The molecule has 0 radical (unpaired) electrons. The molecule has 1 aromatic rings. The number of benzene rings is 1. The van der Waals surface area contributed by atoms with Crippen LogP contribution in [0.4, 0.5) is 5.69 Å². The van der Waals surface area contributed by atoms with Crippen LogP contribution in [0.2, 0.25) is 0 Å². The molecular weight excluding hydrogens is 282 g/mol. The number of hydrogen-bond donors (Lipinski definition) is 2. The number of nitrogen functional groups attached to an aromatic ring is 1. The summed E-state index contributed by atoms with van der Waals surface area (Å²) in [5.41, 5.74) is 6.81. The van der Waals surface area contributed by atoms with Gasteiger partial charge in [0.15, 0.2) is 0 Å². The van der Waals surface area contributed by atoms with Crippen LogP contribution in [-0.4, -0.2) is 57.3 Å². The molecule has 0 bridgehead atoms. The Morgan fingerprint density at radius 1 is 1.27 bits per heavy atom. The first-order valence-corrected chi connectivity index (χ1v) is 7.64. The van der Waals surface area contributed by atoms with E-state index in [2.05, 4.69) is 24.1 Å². The van der Waals surface area contributed by atoms with Crippen LogP contribution in [0.1, 0.15) is 24.2 Å². The molecule has 1 aromatic carbocycles. The number of nitrogens with zero attached hydrogens (tertiary/aromatic N) is 1. The van der Waals surface area contributed by atoms with Gasteiger partial charge in [0.2, 0.25) is 0 Å². The van der Waals surface area contributed by atoms with Gasteiger partial charge in [0.05, 0.1) is 12.2 Å². The second-order valence-corrected chi connectivity index (χ2v) is 4.88. The first-order valence-electron chi connectivity index (χ1n) is 7.64. The van der Waals surface area contributed by atoms with E-state index in [1.54, 1.807) is 25.3 Å². The highest BCUT2D eigenvalue weighted by Crippen LogP contribution is 2.21. The number of nitrogens with one attached hydrogen (secondary N) is 1. The summed E-state index contributed by atoms with van der Waals surface area (Å²) in [6.45, 7) is 8.41. The van der Waals surface area contributed by atoms with Gasteiger partial charge in [0.1, 0.15) is 12.4 Å². The van der Waals surface area contributed by atoms with Crippen molar-refractivity contribution >= 4 is 11.6 Å². The van der Waals surface area contributed by atoms with Gasteiger partial charge in [0.25, 0.3) is 5.91 Å². The first kappa shape index (κ1) is 18.3. The topological polar surface area (TPSA) is 76.8 Å². The number of hydrogen-bond acceptors (Lipinski definition) is 5. The Bertz CT molecular complexity index is 462. The van der Waals surface area contributed by atoms with E-state index in [4.69, 9.17) is 15.2 Å². The second-order valence-electron chi connectivity index (χ2n) is 4.88. The number of methoxy groups -OCH3 is 1. The third kappa shape index (κ3) is 5.91. The van der Waals surface area contributed by atoms with Crippen molar-refractivity contribution in [3.8, 4) is 5.75 Å². The van der Waals surface area contributed by atoms with Gasteiger partial charge in [0, 0.05) is 32.0 Å². The van der Waals surface area contributed by atoms with Crippen molar-refractivity contribution in [1.29, 1.82) is 0 Å². The lowest BCUT2D eigenvalue weighted by molar-refractivity contribution is 0.0941. The van der Waals surface area contributed by atoms with Crippen molar-refractivity contribution < 1.29 is 14.3 Å². The van der Waals surface area contributed by atoms with E-state index >= 15 is 0 Å². The summed E-state index contributed by atoms with van der Waals surface area (Å²) in [6, 6.07) is 5.04. The Kier molecular flexibility index (Phi) is 8.32. The maximum atomic E-state index is 12.3. The van der Waals surface area contributed by atoms with Crippen LogP contribution < -0.4 is 15.8 Å². The molecule has 0 aliphatic carbocycles. The maximum Gasteiger partial charge on any atom is 0.255 e. The first-order chi connectivity index (χ1) is 10.6. The third-order valence-corrected chi connectivity index (χ3v) is 3.40. The normalized spacial score (nSPS) is 10.7. The molecule has 6 heteroatoms. The number of anilines is 1. The zero-order valence-electron chi connectivity index (χ0n) is 13.7. The number of amides is 1. The monoisotopic (exact) mass is 309 g/mol. The van der Waals surface area contributed by atoms with Crippen molar-refractivity contribution in [2.45, 2.75) is 13.8 Å². The summed E-state index contributed by atoms with van der Waals surface area (Å²) in [7, 11) is 1.60. The summed E-state index contributed by atoms with van der Waals surface area (Å²) < 4.78 is 10.5. The van der Waals surface area contributed by atoms with E-state index in [9.17, 15) is 4.79 Å². The van der Waals surface area contributed by atoms with Crippen molar-refractivity contribution in [3.05, 3.63) is 23.8 Å². The van der Waals surface area contributed by atoms with Crippen LogP contribution in [0.15, 0.2) is 18.2 Å². The Morgan fingerprint density at radius 2 is 2.00 bits per heavy atom. The highest BCUT2D eigenvalue weighted by molar-refractivity contribution is 5.97. The summed E-state index contributed by atoms with van der Waals surface area (Å²) >= 11 is 0. The molecular formula is C16H27N3O3. The average molecular weight is 309 g/mol.